The minimum atomic E-state index is -1.04. The van der Waals surface area contributed by atoms with Gasteiger partial charge in [0, 0.05) is 11.4 Å². The molecule has 0 bridgehead atoms. The van der Waals surface area contributed by atoms with E-state index in [9.17, 15) is 9.90 Å². The molecule has 120 valence electrons. The van der Waals surface area contributed by atoms with E-state index in [1.807, 2.05) is 22.9 Å². The quantitative estimate of drug-likeness (QED) is 0.726. The Hall–Kier alpha value is -1.37. The highest BCUT2D eigenvalue weighted by molar-refractivity contribution is 7.09. The highest BCUT2D eigenvalue weighted by atomic mass is 32.1. The molecule has 2 amide bonds. The van der Waals surface area contributed by atoms with E-state index in [-0.39, 0.29) is 12.6 Å². The fraction of sp³-hybridized carbons (Fsp3) is 0.438. The van der Waals surface area contributed by atoms with Crippen LogP contribution in [0.5, 0.6) is 0 Å². The van der Waals surface area contributed by atoms with Crippen LogP contribution in [0.2, 0.25) is 0 Å². The second-order valence-corrected chi connectivity index (χ2v) is 7.55. The van der Waals surface area contributed by atoms with Gasteiger partial charge in [-0.2, -0.15) is 11.3 Å². The summed E-state index contributed by atoms with van der Waals surface area (Å²) >= 11 is 3.27. The molecular weight excluding hydrogens is 316 g/mol. The molecule has 2 unspecified atom stereocenters. The normalized spacial score (nSPS) is 15.0. The number of hydrogen-bond acceptors (Lipinski definition) is 4. The van der Waals surface area contributed by atoms with Crippen molar-refractivity contribution in [3.8, 4) is 0 Å². The van der Waals surface area contributed by atoms with Crippen molar-refractivity contribution in [1.82, 2.24) is 10.6 Å². The van der Waals surface area contributed by atoms with Crippen LogP contribution in [-0.2, 0) is 12.0 Å². The number of amides is 2. The van der Waals surface area contributed by atoms with Gasteiger partial charge in [0.1, 0.15) is 5.60 Å². The maximum Gasteiger partial charge on any atom is 0.314 e. The summed E-state index contributed by atoms with van der Waals surface area (Å²) in [6, 6.07) is 5.78. The molecule has 0 aromatic carbocycles. The van der Waals surface area contributed by atoms with Crippen LogP contribution in [0, 0.1) is 5.92 Å². The standard InChI is InChI=1S/C16H22N2O2S2/c1-12(8-14-4-3-6-22-14)9-17-15(19)18-11-16(2,20)13-5-7-21-10-13/h3-7,10,12,20H,8-9,11H2,1-2H3,(H2,17,18,19). The zero-order valence-electron chi connectivity index (χ0n) is 12.8. The summed E-state index contributed by atoms with van der Waals surface area (Å²) in [5.41, 5.74) is -0.219. The van der Waals surface area contributed by atoms with E-state index in [1.54, 1.807) is 18.3 Å². The molecule has 0 spiro atoms. The van der Waals surface area contributed by atoms with Crippen molar-refractivity contribution in [2.75, 3.05) is 13.1 Å². The number of rotatable bonds is 7. The number of aliphatic hydroxyl groups is 1. The molecule has 22 heavy (non-hydrogen) atoms. The summed E-state index contributed by atoms with van der Waals surface area (Å²) in [4.78, 5) is 13.2. The first-order valence-electron chi connectivity index (χ1n) is 7.26. The van der Waals surface area contributed by atoms with Crippen molar-refractivity contribution < 1.29 is 9.90 Å². The van der Waals surface area contributed by atoms with Crippen LogP contribution in [0.1, 0.15) is 24.3 Å². The fourth-order valence-electron chi connectivity index (χ4n) is 2.10. The molecule has 0 aliphatic heterocycles. The van der Waals surface area contributed by atoms with Crippen molar-refractivity contribution in [2.24, 2.45) is 5.92 Å². The number of thiophene rings is 2. The largest absolute Gasteiger partial charge is 0.384 e. The van der Waals surface area contributed by atoms with Gasteiger partial charge in [-0.15, -0.1) is 11.3 Å². The average molecular weight is 338 g/mol. The van der Waals surface area contributed by atoms with Gasteiger partial charge in [-0.1, -0.05) is 13.0 Å². The lowest BCUT2D eigenvalue weighted by Crippen LogP contribution is -2.44. The number of carbonyl (C=O) groups is 1. The van der Waals surface area contributed by atoms with E-state index in [0.29, 0.717) is 12.5 Å². The molecule has 3 N–H and O–H groups in total. The van der Waals surface area contributed by atoms with Crippen LogP contribution in [0.15, 0.2) is 34.3 Å². The summed E-state index contributed by atoms with van der Waals surface area (Å²) in [5, 5.41) is 21.8. The van der Waals surface area contributed by atoms with Crippen molar-refractivity contribution in [1.29, 1.82) is 0 Å². The molecule has 4 nitrogen and oxygen atoms in total. The Morgan fingerprint density at radius 1 is 1.36 bits per heavy atom. The van der Waals surface area contributed by atoms with E-state index in [2.05, 4.69) is 29.0 Å². The molecule has 0 aliphatic rings. The maximum absolute atomic E-state index is 11.8. The number of hydrogen-bond donors (Lipinski definition) is 3. The molecule has 0 aliphatic carbocycles. The number of urea groups is 1. The Bertz CT molecular complexity index is 565. The van der Waals surface area contributed by atoms with Gasteiger partial charge in [0.25, 0.3) is 0 Å². The van der Waals surface area contributed by atoms with Crippen LogP contribution < -0.4 is 10.6 Å². The van der Waals surface area contributed by atoms with E-state index in [4.69, 9.17) is 0 Å². The Labute approximate surface area is 139 Å². The molecular formula is C16H22N2O2S2. The smallest absolute Gasteiger partial charge is 0.314 e. The first-order chi connectivity index (χ1) is 10.5. The molecule has 2 aromatic heterocycles. The summed E-state index contributed by atoms with van der Waals surface area (Å²) in [7, 11) is 0. The van der Waals surface area contributed by atoms with Gasteiger partial charge >= 0.3 is 6.03 Å². The Morgan fingerprint density at radius 3 is 2.82 bits per heavy atom. The van der Waals surface area contributed by atoms with Crippen molar-refractivity contribution >= 4 is 28.7 Å². The lowest BCUT2D eigenvalue weighted by molar-refractivity contribution is 0.0598. The predicted octanol–water partition coefficient (Wildman–Crippen LogP) is 3.20. The van der Waals surface area contributed by atoms with Crippen molar-refractivity contribution in [3.63, 3.8) is 0 Å². The third-order valence-corrected chi connectivity index (χ3v) is 5.06. The van der Waals surface area contributed by atoms with Crippen molar-refractivity contribution in [2.45, 2.75) is 25.9 Å². The van der Waals surface area contributed by atoms with Gasteiger partial charge < -0.3 is 15.7 Å². The lowest BCUT2D eigenvalue weighted by atomic mass is 9.99. The van der Waals surface area contributed by atoms with Gasteiger partial charge in [0.05, 0.1) is 6.54 Å². The molecule has 0 saturated carbocycles. The van der Waals surface area contributed by atoms with E-state index >= 15 is 0 Å². The Morgan fingerprint density at radius 2 is 2.18 bits per heavy atom. The van der Waals surface area contributed by atoms with Gasteiger partial charge in [-0.05, 0) is 53.1 Å². The Balaban J connectivity index is 1.69. The summed E-state index contributed by atoms with van der Waals surface area (Å²) < 4.78 is 0. The zero-order valence-corrected chi connectivity index (χ0v) is 14.5. The highest BCUT2D eigenvalue weighted by Gasteiger charge is 2.24. The van der Waals surface area contributed by atoms with E-state index in [0.717, 1.165) is 12.0 Å². The summed E-state index contributed by atoms with van der Waals surface area (Å²) in [6.45, 7) is 4.62. The van der Waals surface area contributed by atoms with E-state index < -0.39 is 5.60 Å². The monoisotopic (exact) mass is 338 g/mol. The predicted molar refractivity (Wildman–Crippen MR) is 92.5 cm³/mol. The molecule has 2 aromatic rings. The molecule has 0 fully saturated rings. The van der Waals surface area contributed by atoms with Crippen LogP contribution in [0.3, 0.4) is 0 Å². The van der Waals surface area contributed by atoms with Crippen LogP contribution in [-0.4, -0.2) is 24.2 Å². The second kappa shape index (κ2) is 7.76. The first-order valence-corrected chi connectivity index (χ1v) is 9.09. The Kier molecular flexibility index (Phi) is 5.99. The van der Waals surface area contributed by atoms with E-state index in [1.165, 1.54) is 16.2 Å². The summed E-state index contributed by atoms with van der Waals surface area (Å²) in [6.07, 6.45) is 0.963. The van der Waals surface area contributed by atoms with Crippen LogP contribution >= 0.6 is 22.7 Å². The molecule has 0 radical (unpaired) electrons. The van der Waals surface area contributed by atoms with Gasteiger partial charge in [0.15, 0.2) is 0 Å². The minimum Gasteiger partial charge on any atom is -0.384 e. The molecule has 6 heteroatoms. The molecule has 2 rings (SSSR count). The first kappa shape index (κ1) is 17.0. The lowest BCUT2D eigenvalue weighted by Gasteiger charge is -2.23. The third-order valence-electron chi connectivity index (χ3n) is 3.48. The average Bonchev–Trinajstić information content (AvgIpc) is 3.16. The van der Waals surface area contributed by atoms with Gasteiger partial charge in [-0.25, -0.2) is 4.79 Å². The molecule has 0 saturated heterocycles. The molecule has 2 heterocycles. The molecule has 2 atom stereocenters. The summed E-state index contributed by atoms with van der Waals surface area (Å²) in [5.74, 6) is 0.377. The number of nitrogens with one attached hydrogen (secondary N) is 2. The fourth-order valence-corrected chi connectivity index (χ4v) is 3.75. The zero-order chi connectivity index (χ0) is 16.0. The van der Waals surface area contributed by atoms with Crippen LogP contribution in [0.4, 0.5) is 4.79 Å². The SMILES string of the molecule is CC(CNC(=O)NCC(C)(O)c1ccsc1)Cc1cccs1. The third kappa shape index (κ3) is 5.12. The van der Waals surface area contributed by atoms with Gasteiger partial charge in [-0.3, -0.25) is 0 Å². The topological polar surface area (TPSA) is 61.4 Å². The highest BCUT2D eigenvalue weighted by Crippen LogP contribution is 2.21. The minimum absolute atomic E-state index is 0.189. The number of carbonyl (C=O) groups excluding carboxylic acids is 1. The van der Waals surface area contributed by atoms with Gasteiger partial charge in [0.2, 0.25) is 0 Å². The second-order valence-electron chi connectivity index (χ2n) is 5.74. The van der Waals surface area contributed by atoms with Crippen molar-refractivity contribution in [3.05, 3.63) is 44.8 Å². The van der Waals surface area contributed by atoms with Crippen LogP contribution in [0.25, 0.3) is 0 Å². The maximum atomic E-state index is 11.8.